The van der Waals surface area contributed by atoms with E-state index in [0.717, 1.165) is 12.0 Å². The molecule has 0 bridgehead atoms. The van der Waals surface area contributed by atoms with Crippen LogP contribution in [0.3, 0.4) is 0 Å². The summed E-state index contributed by atoms with van der Waals surface area (Å²) in [6.45, 7) is 5.56. The second-order valence-corrected chi connectivity index (χ2v) is 8.36. The molecule has 2 rings (SSSR count). The van der Waals surface area contributed by atoms with Gasteiger partial charge in [0.1, 0.15) is 5.78 Å². The van der Waals surface area contributed by atoms with Gasteiger partial charge >= 0.3 is 5.97 Å². The molecule has 2 aromatic carbocycles. The summed E-state index contributed by atoms with van der Waals surface area (Å²) in [5, 5.41) is 0. The van der Waals surface area contributed by atoms with Gasteiger partial charge in [0.05, 0.1) is 12.5 Å². The van der Waals surface area contributed by atoms with Gasteiger partial charge in [-0.25, -0.2) is 4.79 Å². The molecule has 0 aliphatic heterocycles. The van der Waals surface area contributed by atoms with E-state index < -0.39 is 29.4 Å². The van der Waals surface area contributed by atoms with E-state index in [-0.39, 0.29) is 25.2 Å². The van der Waals surface area contributed by atoms with Crippen molar-refractivity contribution in [2.75, 3.05) is 6.61 Å². The number of carbonyl (C=O) groups excluding carboxylic acids is 4. The molecule has 0 aromatic heterocycles. The quantitative estimate of drug-likeness (QED) is 0.141. The molecule has 5 nitrogen and oxygen atoms in total. The number of ether oxygens (including phenoxy) is 1. The van der Waals surface area contributed by atoms with Crippen molar-refractivity contribution < 1.29 is 23.9 Å². The van der Waals surface area contributed by atoms with Crippen LogP contribution in [0, 0.1) is 5.92 Å². The lowest BCUT2D eigenvalue weighted by Crippen LogP contribution is -2.34. The summed E-state index contributed by atoms with van der Waals surface area (Å²) >= 11 is 0. The fraction of sp³-hybridized carbons (Fsp3) is 0.357. The second-order valence-electron chi connectivity index (χ2n) is 8.36. The topological polar surface area (TPSA) is 77.5 Å². The fourth-order valence-electron chi connectivity index (χ4n) is 3.55. The molecule has 174 valence electrons. The molecule has 2 aromatic rings. The fourth-order valence-corrected chi connectivity index (χ4v) is 3.55. The first kappa shape index (κ1) is 25.9. The predicted molar refractivity (Wildman–Crippen MR) is 128 cm³/mol. The van der Waals surface area contributed by atoms with Crippen LogP contribution >= 0.6 is 0 Å². The first-order valence-electron chi connectivity index (χ1n) is 11.3. The lowest BCUT2D eigenvalue weighted by atomic mass is 9.80. The van der Waals surface area contributed by atoms with Crippen molar-refractivity contribution in [3.63, 3.8) is 0 Å². The highest BCUT2D eigenvalue weighted by Gasteiger charge is 2.36. The van der Waals surface area contributed by atoms with Gasteiger partial charge in [0.25, 0.3) is 5.78 Å². The Morgan fingerprint density at radius 3 is 2.09 bits per heavy atom. The Hall–Kier alpha value is -3.34. The van der Waals surface area contributed by atoms with Crippen molar-refractivity contribution in [1.29, 1.82) is 0 Å². The highest BCUT2D eigenvalue weighted by atomic mass is 16.5. The van der Waals surface area contributed by atoms with Gasteiger partial charge in [-0.3, -0.25) is 14.4 Å². The summed E-state index contributed by atoms with van der Waals surface area (Å²) in [5.41, 5.74) is 2.27. The maximum absolute atomic E-state index is 13.3. The first-order chi connectivity index (χ1) is 15.8. The number of unbranched alkanes of at least 4 members (excludes halogenated alkanes) is 1. The molecule has 2 atom stereocenters. The van der Waals surface area contributed by atoms with Gasteiger partial charge in [-0.1, -0.05) is 79.6 Å². The van der Waals surface area contributed by atoms with E-state index in [9.17, 15) is 19.2 Å². The number of carbonyl (C=O) groups is 4. The van der Waals surface area contributed by atoms with Crippen LogP contribution in [0.5, 0.6) is 0 Å². The van der Waals surface area contributed by atoms with E-state index >= 15 is 0 Å². The Bertz CT molecular complexity index is 972. The smallest absolute Gasteiger partial charge is 0.375 e. The van der Waals surface area contributed by atoms with Crippen molar-refractivity contribution in [1.82, 2.24) is 0 Å². The second kappa shape index (κ2) is 13.3. The number of allylic oxidation sites excluding steroid dienone is 2. The van der Waals surface area contributed by atoms with Crippen LogP contribution in [0.15, 0.2) is 72.3 Å². The van der Waals surface area contributed by atoms with E-state index in [1.54, 1.807) is 26.0 Å². The highest BCUT2D eigenvalue weighted by Crippen LogP contribution is 2.28. The van der Waals surface area contributed by atoms with Gasteiger partial charge in [0, 0.05) is 12.3 Å². The van der Waals surface area contributed by atoms with Crippen molar-refractivity contribution in [3.8, 4) is 0 Å². The average molecular weight is 449 g/mol. The van der Waals surface area contributed by atoms with E-state index in [4.69, 9.17) is 4.74 Å². The Labute approximate surface area is 195 Å². The Morgan fingerprint density at radius 2 is 1.52 bits per heavy atom. The maximum Gasteiger partial charge on any atom is 0.375 e. The monoisotopic (exact) mass is 448 g/mol. The molecule has 0 saturated heterocycles. The van der Waals surface area contributed by atoms with E-state index in [1.807, 2.05) is 55.5 Å². The Balaban J connectivity index is 2.35. The van der Waals surface area contributed by atoms with E-state index in [1.165, 1.54) is 6.08 Å². The van der Waals surface area contributed by atoms with Gasteiger partial charge in [-0.15, -0.1) is 0 Å². The molecule has 0 unspecified atom stereocenters. The molecule has 0 N–H and O–H groups in total. The molecule has 5 heteroatoms. The third-order valence-corrected chi connectivity index (χ3v) is 5.31. The minimum Gasteiger partial charge on any atom is -0.460 e. The molecule has 0 aliphatic carbocycles. The predicted octanol–water partition coefficient (Wildman–Crippen LogP) is 5.04. The summed E-state index contributed by atoms with van der Waals surface area (Å²) in [4.78, 5) is 51.7. The largest absolute Gasteiger partial charge is 0.460 e. The maximum atomic E-state index is 13.3. The van der Waals surface area contributed by atoms with E-state index in [0.29, 0.717) is 17.6 Å². The van der Waals surface area contributed by atoms with Gasteiger partial charge in [-0.05, 0) is 43.9 Å². The molecule has 33 heavy (non-hydrogen) atoms. The minimum atomic E-state index is -1.28. The number of hydrogen-bond donors (Lipinski definition) is 0. The number of esters is 1. The average Bonchev–Trinajstić information content (AvgIpc) is 2.80. The molecule has 0 spiro atoms. The van der Waals surface area contributed by atoms with Crippen molar-refractivity contribution >= 4 is 23.3 Å². The van der Waals surface area contributed by atoms with Crippen molar-refractivity contribution in [2.24, 2.45) is 5.92 Å². The lowest BCUT2D eigenvalue weighted by Gasteiger charge is -2.21. The van der Waals surface area contributed by atoms with Gasteiger partial charge in [0.2, 0.25) is 0 Å². The SMILES string of the molecule is CCCCOC(=O)C(=O)[C@H](C[C@@H](C(=O)Cc1ccccc1)c1ccccc1)C(=O)C=C(C)C. The number of rotatable bonds is 13. The Kier molecular flexibility index (Phi) is 10.4. The molecular weight excluding hydrogens is 416 g/mol. The number of benzene rings is 2. The van der Waals surface area contributed by atoms with Crippen LogP contribution in [0.2, 0.25) is 0 Å². The molecule has 0 amide bonds. The van der Waals surface area contributed by atoms with Crippen LogP contribution in [0.25, 0.3) is 0 Å². The summed E-state index contributed by atoms with van der Waals surface area (Å²) in [5.74, 6) is -4.51. The van der Waals surface area contributed by atoms with Crippen molar-refractivity contribution in [2.45, 2.75) is 52.4 Å². The van der Waals surface area contributed by atoms with Gasteiger partial charge < -0.3 is 4.74 Å². The molecule has 0 radical (unpaired) electrons. The number of Topliss-reactive ketones (excluding diaryl/α,β-unsaturated/α-hetero) is 2. The molecule has 0 heterocycles. The van der Waals surface area contributed by atoms with Gasteiger partial charge in [0.15, 0.2) is 5.78 Å². The van der Waals surface area contributed by atoms with Crippen molar-refractivity contribution in [3.05, 3.63) is 83.4 Å². The van der Waals surface area contributed by atoms with Crippen LogP contribution < -0.4 is 0 Å². The zero-order valence-corrected chi connectivity index (χ0v) is 19.6. The summed E-state index contributed by atoms with van der Waals surface area (Å²) in [6.07, 6.45) is 2.88. The summed E-state index contributed by atoms with van der Waals surface area (Å²) in [6, 6.07) is 18.4. The van der Waals surface area contributed by atoms with Gasteiger partial charge in [-0.2, -0.15) is 0 Å². The number of ketones is 3. The van der Waals surface area contributed by atoms with E-state index in [2.05, 4.69) is 0 Å². The molecular formula is C28H32O5. The van der Waals surface area contributed by atoms with Crippen LogP contribution in [-0.2, 0) is 30.3 Å². The molecule has 0 fully saturated rings. The summed E-state index contributed by atoms with van der Waals surface area (Å²) in [7, 11) is 0. The first-order valence-corrected chi connectivity index (χ1v) is 11.3. The summed E-state index contributed by atoms with van der Waals surface area (Å²) < 4.78 is 5.08. The highest BCUT2D eigenvalue weighted by molar-refractivity contribution is 6.39. The third kappa shape index (κ3) is 8.26. The zero-order chi connectivity index (χ0) is 24.2. The molecule has 0 aliphatic rings. The van der Waals surface area contributed by atoms with Crippen LogP contribution in [0.4, 0.5) is 0 Å². The zero-order valence-electron chi connectivity index (χ0n) is 19.6. The van der Waals surface area contributed by atoms with Crippen LogP contribution in [-0.4, -0.2) is 29.9 Å². The minimum absolute atomic E-state index is 0.0833. The Morgan fingerprint density at radius 1 is 0.909 bits per heavy atom. The normalized spacial score (nSPS) is 12.3. The third-order valence-electron chi connectivity index (χ3n) is 5.31. The lowest BCUT2D eigenvalue weighted by molar-refractivity contribution is -0.157. The standard InChI is InChI=1S/C28H32O5/c1-4-5-16-33-28(32)27(31)24(25(29)17-20(2)3)19-23(22-14-10-7-11-15-22)26(30)18-21-12-8-6-9-13-21/h6-15,17,23-24H,4-5,16,18-19H2,1-3H3/t23-,24-/m1/s1. The number of hydrogen-bond acceptors (Lipinski definition) is 5. The van der Waals surface area contributed by atoms with Crippen LogP contribution in [0.1, 0.15) is 57.1 Å². The molecule has 0 saturated carbocycles.